The maximum Gasteiger partial charge on any atom is 0.338 e. The molecule has 1 atom stereocenters. The molecule has 2 rings (SSSR count). The molecule has 0 aliphatic carbocycles. The Morgan fingerprint density at radius 2 is 1.80 bits per heavy atom. The Morgan fingerprint density at radius 3 is 2.44 bits per heavy atom. The van der Waals surface area contributed by atoms with Crippen molar-refractivity contribution in [1.82, 2.24) is 0 Å². The lowest BCUT2D eigenvalue weighted by atomic mass is 10.1. The smallest absolute Gasteiger partial charge is 0.338 e. The standard InChI is InChI=1S/C19H21NO5/c1-3-24-17-7-5-4-6-16(17)20-18(22)13(2)25-19(23)15-10-8-14(12-21)9-11-15/h4-11,13,21H,3,12H2,1-2H3,(H,20,22)/t13-/m0/s1. The van der Waals surface area contributed by atoms with Crippen LogP contribution in [0.1, 0.15) is 29.8 Å². The molecule has 0 heterocycles. The minimum Gasteiger partial charge on any atom is -0.492 e. The number of ether oxygens (including phenoxy) is 2. The van der Waals surface area contributed by atoms with Crippen molar-refractivity contribution in [3.8, 4) is 5.75 Å². The van der Waals surface area contributed by atoms with Crippen molar-refractivity contribution in [1.29, 1.82) is 0 Å². The molecule has 132 valence electrons. The summed E-state index contributed by atoms with van der Waals surface area (Å²) in [6.07, 6.45) is -0.972. The Morgan fingerprint density at radius 1 is 1.12 bits per heavy atom. The Kier molecular flexibility index (Phi) is 6.54. The van der Waals surface area contributed by atoms with Crippen LogP contribution in [0.3, 0.4) is 0 Å². The highest BCUT2D eigenvalue weighted by Crippen LogP contribution is 2.24. The monoisotopic (exact) mass is 343 g/mol. The second kappa shape index (κ2) is 8.84. The molecule has 0 fully saturated rings. The highest BCUT2D eigenvalue weighted by molar-refractivity contribution is 5.98. The molecule has 2 aromatic carbocycles. The van der Waals surface area contributed by atoms with Gasteiger partial charge in [-0.1, -0.05) is 24.3 Å². The molecule has 6 heteroatoms. The number of anilines is 1. The zero-order chi connectivity index (χ0) is 18.2. The van der Waals surface area contributed by atoms with Crippen molar-refractivity contribution in [2.24, 2.45) is 0 Å². The fourth-order valence-electron chi connectivity index (χ4n) is 2.11. The molecule has 0 bridgehead atoms. The number of carbonyl (C=O) groups is 2. The number of aliphatic hydroxyl groups is 1. The first-order valence-electron chi connectivity index (χ1n) is 7.98. The average molecular weight is 343 g/mol. The minimum atomic E-state index is -0.972. The van der Waals surface area contributed by atoms with Crippen molar-refractivity contribution < 1.29 is 24.2 Å². The van der Waals surface area contributed by atoms with Gasteiger partial charge in [0.1, 0.15) is 5.75 Å². The summed E-state index contributed by atoms with van der Waals surface area (Å²) < 4.78 is 10.6. The van der Waals surface area contributed by atoms with Gasteiger partial charge in [0, 0.05) is 0 Å². The van der Waals surface area contributed by atoms with Gasteiger partial charge in [-0.2, -0.15) is 0 Å². The van der Waals surface area contributed by atoms with E-state index in [0.29, 0.717) is 29.2 Å². The summed E-state index contributed by atoms with van der Waals surface area (Å²) in [6, 6.07) is 13.4. The van der Waals surface area contributed by atoms with E-state index in [-0.39, 0.29) is 6.61 Å². The number of hydrogen-bond donors (Lipinski definition) is 2. The van der Waals surface area contributed by atoms with E-state index in [1.54, 1.807) is 48.5 Å². The lowest BCUT2D eigenvalue weighted by Gasteiger charge is -2.15. The van der Waals surface area contributed by atoms with Gasteiger partial charge in [-0.05, 0) is 43.7 Å². The molecule has 25 heavy (non-hydrogen) atoms. The number of benzene rings is 2. The second-order valence-electron chi connectivity index (χ2n) is 5.32. The van der Waals surface area contributed by atoms with Crippen LogP contribution in [0.2, 0.25) is 0 Å². The van der Waals surface area contributed by atoms with Crippen LogP contribution in [0.25, 0.3) is 0 Å². The fraction of sp³-hybridized carbons (Fsp3) is 0.263. The predicted octanol–water partition coefficient (Wildman–Crippen LogP) is 2.76. The number of para-hydroxylation sites is 2. The van der Waals surface area contributed by atoms with Gasteiger partial charge in [0.25, 0.3) is 5.91 Å². The maximum absolute atomic E-state index is 12.3. The third-order valence-corrected chi connectivity index (χ3v) is 3.47. The molecule has 0 spiro atoms. The van der Waals surface area contributed by atoms with Crippen LogP contribution >= 0.6 is 0 Å². The van der Waals surface area contributed by atoms with E-state index in [2.05, 4.69) is 5.32 Å². The Hall–Kier alpha value is -2.86. The van der Waals surface area contributed by atoms with Gasteiger partial charge in [-0.25, -0.2) is 4.79 Å². The van der Waals surface area contributed by atoms with E-state index in [4.69, 9.17) is 14.6 Å². The SMILES string of the molecule is CCOc1ccccc1NC(=O)[C@H](C)OC(=O)c1ccc(CO)cc1. The largest absolute Gasteiger partial charge is 0.492 e. The first kappa shape index (κ1) is 18.5. The highest BCUT2D eigenvalue weighted by atomic mass is 16.5. The summed E-state index contributed by atoms with van der Waals surface area (Å²) in [6.45, 7) is 3.72. The van der Waals surface area contributed by atoms with Crippen LogP contribution in [0.15, 0.2) is 48.5 Å². The predicted molar refractivity (Wildman–Crippen MR) is 93.5 cm³/mol. The molecular weight excluding hydrogens is 322 g/mol. The van der Waals surface area contributed by atoms with Crippen molar-refractivity contribution in [3.63, 3.8) is 0 Å². The van der Waals surface area contributed by atoms with Crippen molar-refractivity contribution >= 4 is 17.6 Å². The van der Waals surface area contributed by atoms with Crippen molar-refractivity contribution in [2.75, 3.05) is 11.9 Å². The van der Waals surface area contributed by atoms with E-state index < -0.39 is 18.0 Å². The molecule has 1 amide bonds. The molecule has 0 saturated carbocycles. The van der Waals surface area contributed by atoms with Crippen LogP contribution in [0, 0.1) is 0 Å². The Labute approximate surface area is 146 Å². The molecule has 0 radical (unpaired) electrons. The van der Waals surface area contributed by atoms with E-state index in [9.17, 15) is 9.59 Å². The number of carbonyl (C=O) groups excluding carboxylic acids is 2. The summed E-state index contributed by atoms with van der Waals surface area (Å²) in [5.41, 5.74) is 1.52. The first-order chi connectivity index (χ1) is 12.0. The lowest BCUT2D eigenvalue weighted by molar-refractivity contribution is -0.123. The average Bonchev–Trinajstić information content (AvgIpc) is 2.63. The molecule has 2 N–H and O–H groups in total. The zero-order valence-electron chi connectivity index (χ0n) is 14.2. The summed E-state index contributed by atoms with van der Waals surface area (Å²) in [5.74, 6) is -0.505. The van der Waals surface area contributed by atoms with Gasteiger partial charge in [0.05, 0.1) is 24.5 Å². The van der Waals surface area contributed by atoms with Gasteiger partial charge in [-0.15, -0.1) is 0 Å². The number of amides is 1. The van der Waals surface area contributed by atoms with Gasteiger partial charge in [0.2, 0.25) is 0 Å². The second-order valence-corrected chi connectivity index (χ2v) is 5.32. The van der Waals surface area contributed by atoms with Crippen molar-refractivity contribution in [3.05, 3.63) is 59.7 Å². The topological polar surface area (TPSA) is 84.9 Å². The summed E-state index contributed by atoms with van der Waals surface area (Å²) in [4.78, 5) is 24.4. The number of nitrogens with one attached hydrogen (secondary N) is 1. The molecule has 0 aliphatic heterocycles. The van der Waals surface area contributed by atoms with Crippen LogP contribution in [0.4, 0.5) is 5.69 Å². The fourth-order valence-corrected chi connectivity index (χ4v) is 2.11. The quantitative estimate of drug-likeness (QED) is 0.755. The van der Waals surface area contributed by atoms with E-state index in [1.807, 2.05) is 6.92 Å². The van der Waals surface area contributed by atoms with E-state index in [0.717, 1.165) is 0 Å². The highest BCUT2D eigenvalue weighted by Gasteiger charge is 2.20. The number of rotatable bonds is 7. The summed E-state index contributed by atoms with van der Waals surface area (Å²) in [5, 5.41) is 11.7. The van der Waals surface area contributed by atoms with Crippen LogP contribution in [0.5, 0.6) is 5.75 Å². The maximum atomic E-state index is 12.3. The van der Waals surface area contributed by atoms with Gasteiger partial charge < -0.3 is 19.9 Å². The molecule has 0 saturated heterocycles. The molecular formula is C19H21NO5. The van der Waals surface area contributed by atoms with Crippen LogP contribution in [-0.2, 0) is 16.1 Å². The molecule has 0 unspecified atom stereocenters. The third-order valence-electron chi connectivity index (χ3n) is 3.47. The van der Waals surface area contributed by atoms with E-state index >= 15 is 0 Å². The zero-order valence-corrected chi connectivity index (χ0v) is 14.2. The summed E-state index contributed by atoms with van der Waals surface area (Å²) in [7, 11) is 0. The molecule has 0 aliphatic rings. The third kappa shape index (κ3) is 5.06. The number of esters is 1. The Balaban J connectivity index is 1.98. The number of aliphatic hydroxyl groups excluding tert-OH is 1. The van der Waals surface area contributed by atoms with Gasteiger partial charge in [0.15, 0.2) is 6.10 Å². The van der Waals surface area contributed by atoms with Crippen molar-refractivity contribution in [2.45, 2.75) is 26.6 Å². The molecule has 6 nitrogen and oxygen atoms in total. The number of hydrogen-bond acceptors (Lipinski definition) is 5. The van der Waals surface area contributed by atoms with Gasteiger partial charge in [-0.3, -0.25) is 4.79 Å². The Bertz CT molecular complexity index is 727. The summed E-state index contributed by atoms with van der Waals surface area (Å²) >= 11 is 0. The first-order valence-corrected chi connectivity index (χ1v) is 7.98. The van der Waals surface area contributed by atoms with Crippen LogP contribution < -0.4 is 10.1 Å². The normalized spacial score (nSPS) is 11.5. The lowest BCUT2D eigenvalue weighted by Crippen LogP contribution is -2.30. The van der Waals surface area contributed by atoms with Crippen LogP contribution in [-0.4, -0.2) is 29.7 Å². The molecule has 2 aromatic rings. The van der Waals surface area contributed by atoms with Gasteiger partial charge >= 0.3 is 5.97 Å². The molecule has 0 aromatic heterocycles. The van der Waals surface area contributed by atoms with E-state index in [1.165, 1.54) is 6.92 Å². The minimum absolute atomic E-state index is 0.104.